The van der Waals surface area contributed by atoms with Crippen LogP contribution in [0.3, 0.4) is 0 Å². The van der Waals surface area contributed by atoms with E-state index in [0.717, 1.165) is 39.4 Å². The molecule has 0 amide bonds. The van der Waals surface area contributed by atoms with Crippen LogP contribution in [0.2, 0.25) is 0 Å². The Labute approximate surface area is 575 Å². The number of hydrogen-bond donors (Lipinski definition) is 4. The number of halogens is 1. The number of aliphatic hydroxyl groups is 4. The van der Waals surface area contributed by atoms with Gasteiger partial charge in [0, 0.05) is 49.7 Å². The summed E-state index contributed by atoms with van der Waals surface area (Å²) in [6.45, 7) is 31.5. The summed E-state index contributed by atoms with van der Waals surface area (Å²) >= 11 is 0. The second-order valence-electron chi connectivity index (χ2n) is 24.1. The summed E-state index contributed by atoms with van der Waals surface area (Å²) in [6.07, 6.45) is 5.81. The highest BCUT2D eigenvalue weighted by Gasteiger charge is 2.18. The molecule has 23 nitrogen and oxygen atoms in total. The summed E-state index contributed by atoms with van der Waals surface area (Å²) in [5.41, 5.74) is 7.45. The van der Waals surface area contributed by atoms with E-state index in [4.69, 9.17) is 75.8 Å². The molecule has 0 bridgehead atoms. The van der Waals surface area contributed by atoms with E-state index >= 15 is 0 Å². The van der Waals surface area contributed by atoms with Crippen molar-refractivity contribution in [3.05, 3.63) is 89.5 Å². The highest BCUT2D eigenvalue weighted by atomic mass is 35.5. The van der Waals surface area contributed by atoms with Crippen molar-refractivity contribution in [2.24, 2.45) is 0 Å². The van der Waals surface area contributed by atoms with E-state index in [-0.39, 0.29) is 75.5 Å². The summed E-state index contributed by atoms with van der Waals surface area (Å²) in [5.74, 6) is 0. The van der Waals surface area contributed by atoms with Gasteiger partial charge in [0.2, 0.25) is 0 Å². The second kappa shape index (κ2) is 55.2. The van der Waals surface area contributed by atoms with Crippen molar-refractivity contribution in [2.75, 3.05) is 222 Å². The minimum absolute atomic E-state index is 0. The first-order valence-electron chi connectivity index (χ1n) is 33.9. The Balaban J connectivity index is 0.0000307. The van der Waals surface area contributed by atoms with E-state index in [1.54, 1.807) is 27.7 Å². The number of nitrogens with zero attached hydrogens (tertiary/aromatic N) is 3. The lowest BCUT2D eigenvalue weighted by Crippen LogP contribution is -3.00. The lowest BCUT2D eigenvalue weighted by molar-refractivity contribution is -0.462. The Morgan fingerprint density at radius 3 is 0.800 bits per heavy atom. The third kappa shape index (κ3) is 44.2. The average molecular weight is 1370 g/mol. The molecule has 10 unspecified atom stereocenters. The summed E-state index contributed by atoms with van der Waals surface area (Å²) in [5, 5.41) is 38.0. The number of hydrogen-bond acceptors (Lipinski definition) is 22. The highest BCUT2D eigenvalue weighted by Crippen LogP contribution is 2.32. The lowest BCUT2D eigenvalue weighted by atomic mass is 9.90. The molecule has 0 radical (unpaired) electrons. The zero-order valence-corrected chi connectivity index (χ0v) is 60.2. The van der Waals surface area contributed by atoms with Crippen LogP contribution in [0.4, 0.5) is 11.4 Å². The molecule has 0 saturated heterocycles. The van der Waals surface area contributed by atoms with Gasteiger partial charge in [0.15, 0.2) is 5.71 Å². The Hall–Kier alpha value is -3.58. The van der Waals surface area contributed by atoms with Crippen molar-refractivity contribution < 1.29 is 113 Å². The number of aliphatic hydroxyl groups excluding tert-OH is 4. The predicted molar refractivity (Wildman–Crippen MR) is 366 cm³/mol. The monoisotopic (exact) mass is 1370 g/mol. The van der Waals surface area contributed by atoms with Crippen LogP contribution in [0.5, 0.6) is 0 Å². The molecule has 3 rings (SSSR count). The first kappa shape index (κ1) is 87.5. The number of allylic oxidation sites excluding steroid dienone is 5. The van der Waals surface area contributed by atoms with Crippen LogP contribution in [0.15, 0.2) is 78.4 Å². The molecule has 0 spiro atoms. The van der Waals surface area contributed by atoms with Crippen molar-refractivity contribution in [3.63, 3.8) is 0 Å². The molecule has 0 saturated carbocycles. The summed E-state index contributed by atoms with van der Waals surface area (Å²) < 4.78 is 95.3. The summed E-state index contributed by atoms with van der Waals surface area (Å²) in [6, 6.07) is 17.4. The van der Waals surface area contributed by atoms with Gasteiger partial charge < -0.3 is 118 Å². The molecule has 0 aromatic heterocycles. The summed E-state index contributed by atoms with van der Waals surface area (Å²) in [4.78, 5) is 4.54. The van der Waals surface area contributed by atoms with Gasteiger partial charge in [0.1, 0.15) is 14.1 Å². The van der Waals surface area contributed by atoms with Crippen LogP contribution in [0, 0.1) is 0 Å². The van der Waals surface area contributed by atoms with Crippen LogP contribution in [-0.2, 0) is 75.8 Å². The van der Waals surface area contributed by atoms with E-state index in [9.17, 15) is 20.4 Å². The van der Waals surface area contributed by atoms with Crippen LogP contribution >= 0.6 is 0 Å². The van der Waals surface area contributed by atoms with Gasteiger partial charge in [-0.05, 0) is 128 Å². The smallest absolute Gasteiger partial charge is 0.199 e. The maximum Gasteiger partial charge on any atom is 0.199 e. The standard InChI is InChI=1S/C71H122N3O20.ClH/c1-55(75)45-89-59(5)49-87-43-39-83-35-33-79-29-25-73(27-31-81-37-41-85-51-61(7)93-53-63(9)91-47-57(3)77)69-21-15-66(16-22-69)71(65-13-19-68(20-14-65)72(11)12)67-17-23-70(24-18-67)74(26-30-80-34-36-84-40-44-88-50-60(6)90-46-56(2)76)28-32-82-38-42-86-52-62(8)94-54-64(10)92-48-58(4)78;/h13-24,55-64,75-78H,25-54H2,1-12H3;1H/q+1;/p-1. The van der Waals surface area contributed by atoms with Gasteiger partial charge in [0.05, 0.1) is 233 Å². The van der Waals surface area contributed by atoms with E-state index in [2.05, 4.69) is 87.2 Å². The van der Waals surface area contributed by atoms with Gasteiger partial charge in [-0.3, -0.25) is 0 Å². The van der Waals surface area contributed by atoms with Gasteiger partial charge in [-0.1, -0.05) is 24.3 Å². The number of ether oxygens (including phenoxy) is 16. The van der Waals surface area contributed by atoms with Crippen LogP contribution in [0.1, 0.15) is 80.4 Å². The number of anilines is 2. The number of benzene rings is 2. The minimum Gasteiger partial charge on any atom is -1.00 e. The maximum absolute atomic E-state index is 9.52. The zero-order valence-electron chi connectivity index (χ0n) is 59.5. The van der Waals surface area contributed by atoms with E-state index < -0.39 is 24.4 Å². The minimum atomic E-state index is -0.524. The molecular weight excluding hydrogens is 1250 g/mol. The predicted octanol–water partition coefficient (Wildman–Crippen LogP) is 3.06. The van der Waals surface area contributed by atoms with Gasteiger partial charge >= 0.3 is 0 Å². The average Bonchev–Trinajstić information content (AvgIpc) is 0.810. The Kier molecular flexibility index (Phi) is 50.9. The van der Waals surface area contributed by atoms with E-state index in [1.165, 1.54) is 0 Å². The van der Waals surface area contributed by atoms with Crippen LogP contribution < -0.4 is 22.2 Å². The van der Waals surface area contributed by atoms with Crippen molar-refractivity contribution >= 4 is 22.7 Å². The normalized spacial score (nSPS) is 15.6. The Bertz CT molecular complexity index is 2150. The molecule has 24 heteroatoms. The topological polar surface area (TPSA) is 238 Å². The largest absolute Gasteiger partial charge is 1.00 e. The molecule has 1 aliphatic carbocycles. The fraction of sp³-hybridized carbons (Fsp3) is 0.732. The van der Waals surface area contributed by atoms with Crippen molar-refractivity contribution in [1.29, 1.82) is 0 Å². The highest BCUT2D eigenvalue weighted by molar-refractivity contribution is 6.04. The fourth-order valence-corrected chi connectivity index (χ4v) is 8.96. The quantitative estimate of drug-likeness (QED) is 0.0550. The molecule has 2 aromatic carbocycles. The number of rotatable bonds is 60. The van der Waals surface area contributed by atoms with Crippen molar-refractivity contribution in [1.82, 2.24) is 0 Å². The second-order valence-corrected chi connectivity index (χ2v) is 24.1. The van der Waals surface area contributed by atoms with Crippen LogP contribution in [0.25, 0.3) is 5.57 Å². The van der Waals surface area contributed by atoms with Gasteiger partial charge in [0.25, 0.3) is 0 Å². The lowest BCUT2D eigenvalue weighted by Gasteiger charge is -2.26. The molecular formula is C71H122ClN3O20. The molecule has 2 aromatic rings. The molecule has 4 N–H and O–H groups in total. The maximum atomic E-state index is 9.52. The SMILES string of the molecule is CC(O)COC(C)COCCOCCOCCN(CCOCCOCC(C)OCC(C)OCC(C)O)c1ccc(C(=C2C=CC(=[N+](C)C)C=C2)c2ccc(N(CCOCCOCCOCC(C)OCC(C)O)CCOCCOCC(C)OCC(C)OCC(C)O)cc2)cc1.[Cl-]. The molecule has 95 heavy (non-hydrogen) atoms. The van der Waals surface area contributed by atoms with Gasteiger partial charge in [-0.2, -0.15) is 0 Å². The first-order chi connectivity index (χ1) is 45.3. The Morgan fingerprint density at radius 1 is 0.316 bits per heavy atom. The van der Waals surface area contributed by atoms with E-state index in [0.29, 0.717) is 172 Å². The molecule has 0 fully saturated rings. The van der Waals surface area contributed by atoms with Crippen LogP contribution in [-0.4, -0.2) is 304 Å². The molecule has 0 heterocycles. The molecule has 1 aliphatic rings. The van der Waals surface area contributed by atoms with E-state index in [1.807, 2.05) is 55.6 Å². The molecule has 0 aliphatic heterocycles. The zero-order chi connectivity index (χ0) is 68.6. The fourth-order valence-electron chi connectivity index (χ4n) is 8.96. The van der Waals surface area contributed by atoms with Crippen molar-refractivity contribution in [2.45, 2.75) is 130 Å². The molecule has 548 valence electrons. The summed E-state index contributed by atoms with van der Waals surface area (Å²) in [7, 11) is 4.08. The first-order valence-corrected chi connectivity index (χ1v) is 33.9. The van der Waals surface area contributed by atoms with Crippen molar-refractivity contribution in [3.8, 4) is 0 Å². The van der Waals surface area contributed by atoms with Gasteiger partial charge in [-0.15, -0.1) is 0 Å². The third-order valence-electron chi connectivity index (χ3n) is 14.1. The van der Waals surface area contributed by atoms with Gasteiger partial charge in [-0.25, -0.2) is 4.58 Å². The molecule has 10 atom stereocenters. The third-order valence-corrected chi connectivity index (χ3v) is 14.1. The Morgan fingerprint density at radius 2 is 0.547 bits per heavy atom.